The number of fused-ring (bicyclic) bond motifs is 1. The predicted octanol–water partition coefficient (Wildman–Crippen LogP) is 4.53. The van der Waals surface area contributed by atoms with E-state index in [2.05, 4.69) is 22.1 Å². The Morgan fingerprint density at radius 1 is 1.14 bits per heavy atom. The van der Waals surface area contributed by atoms with Crippen LogP contribution in [-0.4, -0.2) is 33.0 Å². The van der Waals surface area contributed by atoms with Gasteiger partial charge < -0.3 is 9.88 Å². The van der Waals surface area contributed by atoms with Gasteiger partial charge in [0.25, 0.3) is 5.91 Å². The van der Waals surface area contributed by atoms with Gasteiger partial charge in [0.1, 0.15) is 11.5 Å². The van der Waals surface area contributed by atoms with Crippen molar-refractivity contribution in [3.05, 3.63) is 77.4 Å². The number of hydrogen-bond acceptors (Lipinski definition) is 2. The van der Waals surface area contributed by atoms with Crippen LogP contribution in [0.15, 0.2) is 54.7 Å². The summed E-state index contributed by atoms with van der Waals surface area (Å²) in [7, 11) is 1.77. The molecule has 4 rings (SSSR count). The van der Waals surface area contributed by atoms with Crippen molar-refractivity contribution in [1.29, 1.82) is 0 Å². The van der Waals surface area contributed by atoms with Crippen molar-refractivity contribution in [1.82, 2.24) is 20.1 Å². The minimum absolute atomic E-state index is 0.0701. The monoisotopic (exact) mass is 376 g/mol. The molecular formula is C22H21FN4O. The molecule has 0 bridgehead atoms. The number of carbonyl (C=O) groups excluding carboxylic acids is 1. The molecule has 142 valence electrons. The summed E-state index contributed by atoms with van der Waals surface area (Å²) < 4.78 is 13.2. The molecule has 0 aliphatic carbocycles. The van der Waals surface area contributed by atoms with Crippen molar-refractivity contribution in [2.75, 3.05) is 7.05 Å². The summed E-state index contributed by atoms with van der Waals surface area (Å²) in [6, 6.07) is 14.2. The topological polar surface area (TPSA) is 64.8 Å². The number of aromatic nitrogens is 3. The number of nitrogens with one attached hydrogen (secondary N) is 2. The minimum Gasteiger partial charge on any atom is -0.350 e. The Balaban J connectivity index is 1.62. The molecule has 1 amide bonds. The predicted molar refractivity (Wildman–Crippen MR) is 107 cm³/mol. The number of nitrogens with zero attached hydrogens (tertiary/aromatic N) is 2. The van der Waals surface area contributed by atoms with Crippen LogP contribution in [0.5, 0.6) is 0 Å². The second kappa shape index (κ2) is 7.31. The third kappa shape index (κ3) is 3.17. The molecular weight excluding hydrogens is 355 g/mol. The molecule has 0 radical (unpaired) electrons. The van der Waals surface area contributed by atoms with Crippen molar-refractivity contribution >= 4 is 16.8 Å². The summed E-state index contributed by atoms with van der Waals surface area (Å²) in [6.07, 6.45) is 2.47. The molecule has 2 heterocycles. The zero-order valence-corrected chi connectivity index (χ0v) is 15.8. The lowest BCUT2D eigenvalue weighted by molar-refractivity contribution is 0.0779. The lowest BCUT2D eigenvalue weighted by atomic mass is 10.1. The molecule has 2 aromatic carbocycles. The number of rotatable bonds is 5. The smallest absolute Gasteiger partial charge is 0.270 e. The SMILES string of the molecule is CCc1c(C(=O)N(C)Cc2cn[nH]c2-c2ccc(F)cc2)[nH]c2ccccc12. The average Bonchev–Trinajstić information content (AvgIpc) is 3.32. The van der Waals surface area contributed by atoms with E-state index in [0.717, 1.165) is 39.7 Å². The molecule has 0 aliphatic heterocycles. The van der Waals surface area contributed by atoms with E-state index in [0.29, 0.717) is 12.2 Å². The Kier molecular flexibility index (Phi) is 4.69. The highest BCUT2D eigenvalue weighted by atomic mass is 19.1. The fourth-order valence-corrected chi connectivity index (χ4v) is 3.57. The number of halogens is 1. The number of hydrogen-bond donors (Lipinski definition) is 2. The molecule has 0 aliphatic rings. The summed E-state index contributed by atoms with van der Waals surface area (Å²) in [5, 5.41) is 8.14. The summed E-state index contributed by atoms with van der Waals surface area (Å²) in [4.78, 5) is 18.1. The maximum Gasteiger partial charge on any atom is 0.270 e. The van der Waals surface area contributed by atoms with E-state index >= 15 is 0 Å². The Labute approximate surface area is 162 Å². The fraction of sp³-hybridized carbons (Fsp3) is 0.182. The molecule has 0 saturated heterocycles. The van der Waals surface area contributed by atoms with E-state index in [4.69, 9.17) is 0 Å². The van der Waals surface area contributed by atoms with Gasteiger partial charge in [-0.2, -0.15) is 5.10 Å². The normalized spacial score (nSPS) is 11.1. The molecule has 0 spiro atoms. The molecule has 6 heteroatoms. The highest BCUT2D eigenvalue weighted by Crippen LogP contribution is 2.26. The van der Waals surface area contributed by atoms with Crippen LogP contribution in [0.4, 0.5) is 4.39 Å². The summed E-state index contributed by atoms with van der Waals surface area (Å²) >= 11 is 0. The van der Waals surface area contributed by atoms with Crippen LogP contribution in [0, 0.1) is 5.82 Å². The zero-order valence-electron chi connectivity index (χ0n) is 15.8. The second-order valence-corrected chi connectivity index (χ2v) is 6.82. The lowest BCUT2D eigenvalue weighted by Crippen LogP contribution is -2.27. The van der Waals surface area contributed by atoms with E-state index in [1.807, 2.05) is 24.3 Å². The summed E-state index contributed by atoms with van der Waals surface area (Å²) in [5.74, 6) is -0.359. The fourth-order valence-electron chi connectivity index (χ4n) is 3.57. The first kappa shape index (κ1) is 18.0. The van der Waals surface area contributed by atoms with E-state index in [1.165, 1.54) is 12.1 Å². The molecule has 0 fully saturated rings. The third-order valence-electron chi connectivity index (χ3n) is 4.99. The average molecular weight is 376 g/mol. The Morgan fingerprint density at radius 3 is 2.64 bits per heavy atom. The van der Waals surface area contributed by atoms with Gasteiger partial charge in [-0.3, -0.25) is 9.89 Å². The minimum atomic E-state index is -0.289. The molecule has 0 atom stereocenters. The molecule has 0 unspecified atom stereocenters. The molecule has 0 saturated carbocycles. The maximum absolute atomic E-state index is 13.2. The number of benzene rings is 2. The molecule has 4 aromatic rings. The van der Waals surface area contributed by atoms with Gasteiger partial charge in [-0.05, 0) is 42.3 Å². The van der Waals surface area contributed by atoms with Crippen molar-refractivity contribution in [2.24, 2.45) is 0 Å². The molecule has 2 N–H and O–H groups in total. The molecule has 5 nitrogen and oxygen atoms in total. The van der Waals surface area contributed by atoms with E-state index in [1.54, 1.807) is 30.3 Å². The first-order chi connectivity index (χ1) is 13.6. The number of H-pyrrole nitrogens is 2. The number of amides is 1. The van der Waals surface area contributed by atoms with Crippen molar-refractivity contribution in [3.63, 3.8) is 0 Å². The summed E-state index contributed by atoms with van der Waals surface area (Å²) in [5.41, 5.74) is 5.10. The largest absolute Gasteiger partial charge is 0.350 e. The van der Waals surface area contributed by atoms with Gasteiger partial charge in [-0.1, -0.05) is 25.1 Å². The van der Waals surface area contributed by atoms with E-state index < -0.39 is 0 Å². The van der Waals surface area contributed by atoms with Crippen LogP contribution in [0.3, 0.4) is 0 Å². The quantitative estimate of drug-likeness (QED) is 0.537. The van der Waals surface area contributed by atoms with Crippen LogP contribution in [0.2, 0.25) is 0 Å². The Hall–Kier alpha value is -3.41. The van der Waals surface area contributed by atoms with Gasteiger partial charge in [-0.15, -0.1) is 0 Å². The van der Waals surface area contributed by atoms with Gasteiger partial charge in [0.15, 0.2) is 0 Å². The first-order valence-corrected chi connectivity index (χ1v) is 9.21. The maximum atomic E-state index is 13.2. The van der Waals surface area contributed by atoms with Gasteiger partial charge in [0.05, 0.1) is 11.9 Å². The van der Waals surface area contributed by atoms with Crippen molar-refractivity contribution in [3.8, 4) is 11.3 Å². The Bertz CT molecular complexity index is 1130. The van der Waals surface area contributed by atoms with E-state index in [-0.39, 0.29) is 11.7 Å². The molecule has 28 heavy (non-hydrogen) atoms. The van der Waals surface area contributed by atoms with Crippen LogP contribution in [-0.2, 0) is 13.0 Å². The molecule has 2 aromatic heterocycles. The van der Waals surface area contributed by atoms with Gasteiger partial charge in [0, 0.05) is 35.6 Å². The third-order valence-corrected chi connectivity index (χ3v) is 4.99. The van der Waals surface area contributed by atoms with Crippen LogP contribution in [0.1, 0.15) is 28.5 Å². The van der Waals surface area contributed by atoms with Crippen LogP contribution in [0.25, 0.3) is 22.2 Å². The van der Waals surface area contributed by atoms with Gasteiger partial charge in [0.2, 0.25) is 0 Å². The van der Waals surface area contributed by atoms with Crippen molar-refractivity contribution < 1.29 is 9.18 Å². The Morgan fingerprint density at radius 2 is 1.89 bits per heavy atom. The van der Waals surface area contributed by atoms with Crippen LogP contribution >= 0.6 is 0 Å². The zero-order chi connectivity index (χ0) is 19.7. The lowest BCUT2D eigenvalue weighted by Gasteiger charge is -2.17. The highest BCUT2D eigenvalue weighted by molar-refractivity contribution is 6.01. The van der Waals surface area contributed by atoms with Gasteiger partial charge in [-0.25, -0.2) is 4.39 Å². The highest BCUT2D eigenvalue weighted by Gasteiger charge is 2.21. The van der Waals surface area contributed by atoms with E-state index in [9.17, 15) is 9.18 Å². The second-order valence-electron chi connectivity index (χ2n) is 6.82. The number of carbonyl (C=O) groups is 1. The summed E-state index contributed by atoms with van der Waals surface area (Å²) in [6.45, 7) is 2.44. The number of aryl methyl sites for hydroxylation is 1. The van der Waals surface area contributed by atoms with Gasteiger partial charge >= 0.3 is 0 Å². The number of para-hydroxylation sites is 1. The number of aromatic amines is 2. The van der Waals surface area contributed by atoms with Crippen LogP contribution < -0.4 is 0 Å². The standard InChI is InChI=1S/C22H21FN4O/c1-3-17-18-6-4-5-7-19(18)25-21(17)22(28)27(2)13-15-12-24-26-20(15)14-8-10-16(23)11-9-14/h4-12,25H,3,13H2,1-2H3,(H,24,26). The van der Waals surface area contributed by atoms with Crippen molar-refractivity contribution in [2.45, 2.75) is 19.9 Å². The first-order valence-electron chi connectivity index (χ1n) is 9.21.